The number of rotatable bonds is 1. The Morgan fingerprint density at radius 2 is 1.55 bits per heavy atom. The molecule has 3 aliphatic rings. The van der Waals surface area contributed by atoms with Crippen molar-refractivity contribution in [3.8, 4) is 11.5 Å². The molecule has 22 heavy (non-hydrogen) atoms. The second-order valence-corrected chi connectivity index (χ2v) is 6.23. The minimum Gasteiger partial charge on any atom is -0.454 e. The van der Waals surface area contributed by atoms with Crippen LogP contribution in [0.3, 0.4) is 0 Å². The first-order chi connectivity index (χ1) is 10.6. The van der Waals surface area contributed by atoms with E-state index in [0.717, 1.165) is 0 Å². The molecule has 0 N–H and O–H groups in total. The van der Waals surface area contributed by atoms with Crippen molar-refractivity contribution in [2.45, 2.75) is 26.7 Å². The van der Waals surface area contributed by atoms with Crippen LogP contribution in [-0.4, -0.2) is 18.6 Å². The molecule has 4 rings (SSSR count). The number of benzene rings is 1. The SMILES string of the molecule is CC1=C(C)C[C@H]2C(=O)N(c3ccc4c(c3)OCO4)C(=O)[C@@H]2C1. The zero-order valence-corrected chi connectivity index (χ0v) is 12.6. The van der Waals surface area contributed by atoms with Crippen LogP contribution >= 0.6 is 0 Å². The van der Waals surface area contributed by atoms with Gasteiger partial charge in [0.2, 0.25) is 18.6 Å². The molecule has 1 aromatic carbocycles. The largest absolute Gasteiger partial charge is 0.454 e. The van der Waals surface area contributed by atoms with Gasteiger partial charge in [-0.05, 0) is 38.8 Å². The monoisotopic (exact) mass is 299 g/mol. The van der Waals surface area contributed by atoms with Gasteiger partial charge in [0.1, 0.15) is 0 Å². The Kier molecular flexibility index (Phi) is 2.79. The number of ether oxygens (including phenoxy) is 2. The van der Waals surface area contributed by atoms with Crippen LogP contribution < -0.4 is 14.4 Å². The Morgan fingerprint density at radius 1 is 0.955 bits per heavy atom. The lowest BCUT2D eigenvalue weighted by atomic mass is 9.78. The van der Waals surface area contributed by atoms with E-state index < -0.39 is 0 Å². The van der Waals surface area contributed by atoms with Crippen molar-refractivity contribution in [3.63, 3.8) is 0 Å². The summed E-state index contributed by atoms with van der Waals surface area (Å²) >= 11 is 0. The van der Waals surface area contributed by atoms with Crippen LogP contribution in [0, 0.1) is 11.8 Å². The van der Waals surface area contributed by atoms with E-state index in [1.54, 1.807) is 18.2 Å². The van der Waals surface area contributed by atoms with Crippen molar-refractivity contribution in [1.29, 1.82) is 0 Å². The molecular weight excluding hydrogens is 282 g/mol. The predicted molar refractivity (Wildman–Crippen MR) is 79.6 cm³/mol. The number of hydrogen-bond donors (Lipinski definition) is 0. The fourth-order valence-electron chi connectivity index (χ4n) is 3.53. The van der Waals surface area contributed by atoms with Gasteiger partial charge in [0, 0.05) is 6.07 Å². The lowest BCUT2D eigenvalue weighted by Gasteiger charge is -2.23. The summed E-state index contributed by atoms with van der Waals surface area (Å²) in [6.45, 7) is 4.27. The third-order valence-electron chi connectivity index (χ3n) is 4.96. The second kappa shape index (κ2) is 4.60. The van der Waals surface area contributed by atoms with Gasteiger partial charge in [-0.2, -0.15) is 0 Å². The zero-order chi connectivity index (χ0) is 15.4. The summed E-state index contributed by atoms with van der Waals surface area (Å²) in [5.41, 5.74) is 3.04. The van der Waals surface area contributed by atoms with Crippen molar-refractivity contribution in [2.24, 2.45) is 11.8 Å². The van der Waals surface area contributed by atoms with E-state index in [0.29, 0.717) is 30.0 Å². The summed E-state index contributed by atoms with van der Waals surface area (Å²) in [6.07, 6.45) is 1.37. The highest BCUT2D eigenvalue weighted by Crippen LogP contribution is 2.44. The molecule has 0 aromatic heterocycles. The number of nitrogens with zero attached hydrogens (tertiary/aromatic N) is 1. The third-order valence-corrected chi connectivity index (χ3v) is 4.96. The number of allylic oxidation sites excluding steroid dienone is 2. The minimum absolute atomic E-state index is 0.0966. The van der Waals surface area contributed by atoms with Gasteiger partial charge in [-0.1, -0.05) is 11.1 Å². The van der Waals surface area contributed by atoms with Crippen molar-refractivity contribution in [2.75, 3.05) is 11.7 Å². The number of hydrogen-bond acceptors (Lipinski definition) is 4. The van der Waals surface area contributed by atoms with Crippen LogP contribution in [-0.2, 0) is 9.59 Å². The number of imide groups is 1. The minimum atomic E-state index is -0.221. The van der Waals surface area contributed by atoms with Crippen LogP contribution in [0.1, 0.15) is 26.7 Å². The van der Waals surface area contributed by atoms with Gasteiger partial charge in [-0.25, -0.2) is 4.90 Å². The molecule has 1 saturated heterocycles. The van der Waals surface area contributed by atoms with Gasteiger partial charge in [0.25, 0.3) is 0 Å². The molecule has 2 heterocycles. The summed E-state index contributed by atoms with van der Waals surface area (Å²) in [5, 5.41) is 0. The first-order valence-corrected chi connectivity index (χ1v) is 7.49. The van der Waals surface area contributed by atoms with E-state index in [4.69, 9.17) is 9.47 Å². The van der Waals surface area contributed by atoms with E-state index >= 15 is 0 Å². The zero-order valence-electron chi connectivity index (χ0n) is 12.6. The smallest absolute Gasteiger partial charge is 0.238 e. The summed E-state index contributed by atoms with van der Waals surface area (Å²) in [7, 11) is 0. The molecule has 5 heteroatoms. The highest BCUT2D eigenvalue weighted by atomic mass is 16.7. The van der Waals surface area contributed by atoms with E-state index in [1.807, 2.05) is 13.8 Å². The van der Waals surface area contributed by atoms with Gasteiger partial charge < -0.3 is 9.47 Å². The quantitative estimate of drug-likeness (QED) is 0.591. The lowest BCUT2D eigenvalue weighted by molar-refractivity contribution is -0.122. The first kappa shape index (κ1) is 13.4. The Balaban J connectivity index is 1.70. The van der Waals surface area contributed by atoms with E-state index in [2.05, 4.69) is 0 Å². The molecule has 0 unspecified atom stereocenters. The van der Waals surface area contributed by atoms with Gasteiger partial charge in [-0.3, -0.25) is 9.59 Å². The van der Waals surface area contributed by atoms with E-state index in [1.165, 1.54) is 16.0 Å². The summed E-state index contributed by atoms with van der Waals surface area (Å²) in [4.78, 5) is 26.7. The molecule has 0 spiro atoms. The molecule has 2 atom stereocenters. The number of carbonyl (C=O) groups excluding carboxylic acids is 2. The summed E-state index contributed by atoms with van der Waals surface area (Å²) < 4.78 is 10.6. The van der Waals surface area contributed by atoms with E-state index in [-0.39, 0.29) is 30.4 Å². The molecule has 1 aliphatic carbocycles. The predicted octanol–water partition coefficient (Wildman–Crippen LogP) is 2.65. The van der Waals surface area contributed by atoms with Crippen LogP contribution in [0.2, 0.25) is 0 Å². The Morgan fingerprint density at radius 3 is 2.18 bits per heavy atom. The Labute approximate surface area is 128 Å². The lowest BCUT2D eigenvalue weighted by Crippen LogP contribution is -2.30. The summed E-state index contributed by atoms with van der Waals surface area (Å²) in [5.74, 6) is 0.594. The van der Waals surface area contributed by atoms with Crippen LogP contribution in [0.5, 0.6) is 11.5 Å². The molecule has 1 aromatic rings. The average molecular weight is 299 g/mol. The number of carbonyl (C=O) groups is 2. The molecule has 0 radical (unpaired) electrons. The van der Waals surface area contributed by atoms with Gasteiger partial charge in [0.05, 0.1) is 17.5 Å². The molecule has 114 valence electrons. The van der Waals surface area contributed by atoms with Crippen molar-refractivity contribution < 1.29 is 19.1 Å². The Hall–Kier alpha value is -2.30. The third kappa shape index (κ3) is 1.78. The Bertz CT molecular complexity index is 689. The molecule has 1 fully saturated rings. The molecule has 5 nitrogen and oxygen atoms in total. The maximum atomic E-state index is 12.7. The van der Waals surface area contributed by atoms with Crippen LogP contribution in [0.15, 0.2) is 29.3 Å². The highest BCUT2D eigenvalue weighted by molar-refractivity contribution is 6.22. The number of fused-ring (bicyclic) bond motifs is 2. The first-order valence-electron chi connectivity index (χ1n) is 7.49. The van der Waals surface area contributed by atoms with Crippen LogP contribution in [0.4, 0.5) is 5.69 Å². The van der Waals surface area contributed by atoms with Crippen molar-refractivity contribution in [3.05, 3.63) is 29.3 Å². The normalized spacial score (nSPS) is 26.7. The van der Waals surface area contributed by atoms with Gasteiger partial charge >= 0.3 is 0 Å². The molecule has 0 bridgehead atoms. The van der Waals surface area contributed by atoms with Crippen LogP contribution in [0.25, 0.3) is 0 Å². The molecular formula is C17H17NO4. The van der Waals surface area contributed by atoms with Crippen molar-refractivity contribution in [1.82, 2.24) is 0 Å². The van der Waals surface area contributed by atoms with Gasteiger partial charge in [0.15, 0.2) is 11.5 Å². The van der Waals surface area contributed by atoms with E-state index in [9.17, 15) is 9.59 Å². The second-order valence-electron chi connectivity index (χ2n) is 6.23. The topological polar surface area (TPSA) is 55.8 Å². The maximum Gasteiger partial charge on any atom is 0.238 e. The molecule has 0 saturated carbocycles. The molecule has 2 amide bonds. The number of anilines is 1. The average Bonchev–Trinajstić information content (AvgIpc) is 3.04. The maximum absolute atomic E-state index is 12.7. The fraction of sp³-hybridized carbons (Fsp3) is 0.412. The standard InChI is InChI=1S/C17H17NO4/c1-9-5-12-13(6-10(9)2)17(20)18(16(12)19)11-3-4-14-15(7-11)22-8-21-14/h3-4,7,12-13H,5-6,8H2,1-2H3/t12-,13-/m1/s1. The van der Waals surface area contributed by atoms with Crippen molar-refractivity contribution >= 4 is 17.5 Å². The number of amides is 2. The highest BCUT2D eigenvalue weighted by Gasteiger charge is 2.49. The van der Waals surface area contributed by atoms with Gasteiger partial charge in [-0.15, -0.1) is 0 Å². The molecule has 2 aliphatic heterocycles. The fourth-order valence-corrected chi connectivity index (χ4v) is 3.53. The summed E-state index contributed by atoms with van der Waals surface area (Å²) in [6, 6.07) is 5.20.